The van der Waals surface area contributed by atoms with Crippen LogP contribution in [-0.4, -0.2) is 58.6 Å². The number of nitrogens with zero attached hydrogens (tertiary/aromatic N) is 3. The number of anilines is 1. The van der Waals surface area contributed by atoms with E-state index in [4.69, 9.17) is 4.74 Å². The molecule has 3 rings (SSSR count). The molecular formula is C22H28N4O3. The fourth-order valence-electron chi connectivity index (χ4n) is 3.16. The predicted octanol–water partition coefficient (Wildman–Crippen LogP) is 3.39. The minimum absolute atomic E-state index is 0.00912. The first-order valence-electron chi connectivity index (χ1n) is 9.81. The number of hydrogen-bond acceptors (Lipinski definition) is 5. The number of pyridine rings is 1. The molecule has 29 heavy (non-hydrogen) atoms. The number of amides is 2. The Hall–Kier alpha value is -2.93. The van der Waals surface area contributed by atoms with E-state index in [1.165, 1.54) is 5.56 Å². The van der Waals surface area contributed by atoms with E-state index in [-0.39, 0.29) is 5.91 Å². The second-order valence-corrected chi connectivity index (χ2v) is 8.13. The number of hydrogen-bond donors (Lipinski definition) is 1. The minimum atomic E-state index is -0.556. The third-order valence-electron chi connectivity index (χ3n) is 4.57. The summed E-state index contributed by atoms with van der Waals surface area (Å²) in [5.41, 5.74) is 1.83. The summed E-state index contributed by atoms with van der Waals surface area (Å²) >= 11 is 0. The normalized spacial score (nSPS) is 15.1. The van der Waals surface area contributed by atoms with E-state index in [0.29, 0.717) is 24.3 Å². The molecule has 0 aliphatic carbocycles. The van der Waals surface area contributed by atoms with Crippen molar-refractivity contribution in [3.63, 3.8) is 0 Å². The average molecular weight is 396 g/mol. The van der Waals surface area contributed by atoms with Gasteiger partial charge in [0.15, 0.2) is 0 Å². The van der Waals surface area contributed by atoms with Crippen molar-refractivity contribution in [2.75, 3.05) is 31.5 Å². The Morgan fingerprint density at radius 1 is 1.07 bits per heavy atom. The van der Waals surface area contributed by atoms with Gasteiger partial charge in [-0.15, -0.1) is 0 Å². The van der Waals surface area contributed by atoms with Crippen LogP contribution in [0, 0.1) is 0 Å². The van der Waals surface area contributed by atoms with Crippen molar-refractivity contribution in [1.29, 1.82) is 0 Å². The highest BCUT2D eigenvalue weighted by Gasteiger charge is 2.22. The molecular weight excluding hydrogens is 368 g/mol. The van der Waals surface area contributed by atoms with Crippen LogP contribution in [0.3, 0.4) is 0 Å². The number of rotatable bonds is 4. The first kappa shape index (κ1) is 20.8. The van der Waals surface area contributed by atoms with Gasteiger partial charge in [0, 0.05) is 56.4 Å². The molecule has 0 saturated carbocycles. The number of benzene rings is 1. The van der Waals surface area contributed by atoms with Crippen LogP contribution in [0.25, 0.3) is 0 Å². The molecule has 0 atom stereocenters. The minimum Gasteiger partial charge on any atom is -0.444 e. The number of carbonyl (C=O) groups is 2. The molecule has 1 N–H and O–H groups in total. The van der Waals surface area contributed by atoms with Crippen molar-refractivity contribution in [3.05, 3.63) is 59.9 Å². The van der Waals surface area contributed by atoms with E-state index >= 15 is 0 Å². The SMILES string of the molecule is CC(C)(C)OC(=O)Nc1ccc(C(=O)N2CCN(Cc3cccnc3)CC2)cc1. The first-order valence-corrected chi connectivity index (χ1v) is 9.81. The highest BCUT2D eigenvalue weighted by Crippen LogP contribution is 2.15. The van der Waals surface area contributed by atoms with E-state index in [1.54, 1.807) is 30.5 Å². The van der Waals surface area contributed by atoms with Crippen molar-refractivity contribution < 1.29 is 14.3 Å². The van der Waals surface area contributed by atoms with E-state index in [2.05, 4.69) is 21.3 Å². The van der Waals surface area contributed by atoms with Crippen LogP contribution < -0.4 is 5.32 Å². The molecule has 1 aromatic carbocycles. The molecule has 2 aromatic rings. The summed E-state index contributed by atoms with van der Waals surface area (Å²) in [7, 11) is 0. The van der Waals surface area contributed by atoms with Gasteiger partial charge in [-0.2, -0.15) is 0 Å². The van der Waals surface area contributed by atoms with Gasteiger partial charge in [0.25, 0.3) is 5.91 Å². The fraction of sp³-hybridized carbons (Fsp3) is 0.409. The lowest BCUT2D eigenvalue weighted by Crippen LogP contribution is -2.48. The molecule has 7 heteroatoms. The Kier molecular flexibility index (Phi) is 6.49. The van der Waals surface area contributed by atoms with Crippen LogP contribution in [0.1, 0.15) is 36.7 Å². The molecule has 2 heterocycles. The van der Waals surface area contributed by atoms with Crippen molar-refractivity contribution in [2.24, 2.45) is 0 Å². The van der Waals surface area contributed by atoms with Crippen LogP contribution in [0.15, 0.2) is 48.8 Å². The maximum absolute atomic E-state index is 12.8. The molecule has 1 aromatic heterocycles. The average Bonchev–Trinajstić information content (AvgIpc) is 2.68. The second kappa shape index (κ2) is 9.05. The summed E-state index contributed by atoms with van der Waals surface area (Å²) in [4.78, 5) is 33.0. The summed E-state index contributed by atoms with van der Waals surface area (Å²) in [6.07, 6.45) is 3.14. The summed E-state index contributed by atoms with van der Waals surface area (Å²) in [6.45, 7) is 9.33. The largest absolute Gasteiger partial charge is 0.444 e. The topological polar surface area (TPSA) is 74.8 Å². The zero-order valence-electron chi connectivity index (χ0n) is 17.2. The molecule has 1 saturated heterocycles. The Morgan fingerprint density at radius 3 is 2.34 bits per heavy atom. The monoisotopic (exact) mass is 396 g/mol. The second-order valence-electron chi connectivity index (χ2n) is 8.13. The molecule has 7 nitrogen and oxygen atoms in total. The predicted molar refractivity (Wildman–Crippen MR) is 112 cm³/mol. The number of ether oxygens (including phenoxy) is 1. The summed E-state index contributed by atoms with van der Waals surface area (Å²) in [6, 6.07) is 10.9. The quantitative estimate of drug-likeness (QED) is 0.857. The first-order chi connectivity index (χ1) is 13.8. The Bertz CT molecular complexity index is 823. The zero-order chi connectivity index (χ0) is 20.9. The van der Waals surface area contributed by atoms with Gasteiger partial charge in [-0.1, -0.05) is 6.07 Å². The zero-order valence-corrected chi connectivity index (χ0v) is 17.2. The van der Waals surface area contributed by atoms with Gasteiger partial charge in [0.2, 0.25) is 0 Å². The third-order valence-corrected chi connectivity index (χ3v) is 4.57. The van der Waals surface area contributed by atoms with Crippen LogP contribution in [-0.2, 0) is 11.3 Å². The van der Waals surface area contributed by atoms with Gasteiger partial charge in [-0.3, -0.25) is 20.0 Å². The van der Waals surface area contributed by atoms with Gasteiger partial charge in [0.05, 0.1) is 0 Å². The van der Waals surface area contributed by atoms with Crippen molar-refractivity contribution in [1.82, 2.24) is 14.8 Å². The van der Waals surface area contributed by atoms with E-state index in [9.17, 15) is 9.59 Å². The lowest BCUT2D eigenvalue weighted by atomic mass is 10.1. The lowest BCUT2D eigenvalue weighted by molar-refractivity contribution is 0.0624. The van der Waals surface area contributed by atoms with Crippen molar-refractivity contribution in [3.8, 4) is 0 Å². The van der Waals surface area contributed by atoms with E-state index < -0.39 is 11.7 Å². The fourth-order valence-corrected chi connectivity index (χ4v) is 3.16. The highest BCUT2D eigenvalue weighted by molar-refractivity contribution is 5.95. The molecule has 0 radical (unpaired) electrons. The van der Waals surface area contributed by atoms with Gasteiger partial charge in [-0.25, -0.2) is 4.79 Å². The van der Waals surface area contributed by atoms with Crippen LogP contribution in [0.4, 0.5) is 10.5 Å². The number of carbonyl (C=O) groups excluding carboxylic acids is 2. The molecule has 1 aliphatic rings. The van der Waals surface area contributed by atoms with Crippen LogP contribution in [0.2, 0.25) is 0 Å². The van der Waals surface area contributed by atoms with Crippen LogP contribution in [0.5, 0.6) is 0 Å². The molecule has 1 fully saturated rings. The molecule has 2 amide bonds. The maximum atomic E-state index is 12.8. The van der Waals surface area contributed by atoms with Crippen molar-refractivity contribution in [2.45, 2.75) is 32.9 Å². The molecule has 0 bridgehead atoms. The maximum Gasteiger partial charge on any atom is 0.412 e. The Morgan fingerprint density at radius 2 is 1.76 bits per heavy atom. The molecule has 0 unspecified atom stereocenters. The summed E-state index contributed by atoms with van der Waals surface area (Å²) < 4.78 is 5.23. The molecule has 0 spiro atoms. The van der Waals surface area contributed by atoms with Gasteiger partial charge in [-0.05, 0) is 56.7 Å². The summed E-state index contributed by atoms with van der Waals surface area (Å²) in [5.74, 6) is 0.00912. The number of aromatic nitrogens is 1. The smallest absolute Gasteiger partial charge is 0.412 e. The molecule has 1 aliphatic heterocycles. The third kappa shape index (κ3) is 6.29. The van der Waals surface area contributed by atoms with E-state index in [1.807, 2.05) is 37.9 Å². The molecule has 154 valence electrons. The van der Waals surface area contributed by atoms with Gasteiger partial charge < -0.3 is 9.64 Å². The Labute approximate surface area is 171 Å². The number of piperazine rings is 1. The number of nitrogens with one attached hydrogen (secondary N) is 1. The van der Waals surface area contributed by atoms with E-state index in [0.717, 1.165) is 19.6 Å². The highest BCUT2D eigenvalue weighted by atomic mass is 16.6. The summed E-state index contributed by atoms with van der Waals surface area (Å²) in [5, 5.41) is 2.68. The van der Waals surface area contributed by atoms with Crippen LogP contribution >= 0.6 is 0 Å². The van der Waals surface area contributed by atoms with Crippen molar-refractivity contribution >= 4 is 17.7 Å². The standard InChI is InChI=1S/C22H28N4O3/c1-22(2,3)29-21(28)24-19-8-6-18(7-9-19)20(27)26-13-11-25(12-14-26)16-17-5-4-10-23-15-17/h4-10,15H,11-14,16H2,1-3H3,(H,24,28). The lowest BCUT2D eigenvalue weighted by Gasteiger charge is -2.34. The van der Waals surface area contributed by atoms with Gasteiger partial charge >= 0.3 is 6.09 Å². The van der Waals surface area contributed by atoms with Gasteiger partial charge in [0.1, 0.15) is 5.60 Å². The Balaban J connectivity index is 1.50.